The van der Waals surface area contributed by atoms with Crippen LogP contribution in [0, 0.1) is 0 Å². The predicted molar refractivity (Wildman–Crippen MR) is 56.6 cm³/mol. The van der Waals surface area contributed by atoms with Crippen molar-refractivity contribution in [1.29, 1.82) is 0 Å². The first-order valence-electron chi connectivity index (χ1n) is 5.13. The maximum atomic E-state index is 12.5. The lowest BCUT2D eigenvalue weighted by atomic mass is 10.1. The van der Waals surface area contributed by atoms with Crippen LogP contribution in [-0.4, -0.2) is 11.2 Å². The van der Waals surface area contributed by atoms with Crippen molar-refractivity contribution in [3.05, 3.63) is 35.6 Å². The third kappa shape index (κ3) is 2.44. The van der Waals surface area contributed by atoms with E-state index in [1.165, 1.54) is 12.3 Å². The standard InChI is InChI=1S/C12H11F3O2/c1-7(16)4-8-6-17-11-3-2-9(5-10(8)11)12(13,14)15/h2-3,5-7,16H,4H2,1H3. The van der Waals surface area contributed by atoms with Crippen LogP contribution in [0.25, 0.3) is 11.0 Å². The second-order valence-electron chi connectivity index (χ2n) is 4.02. The van der Waals surface area contributed by atoms with E-state index in [0.29, 0.717) is 16.5 Å². The van der Waals surface area contributed by atoms with Gasteiger partial charge in [-0.1, -0.05) is 0 Å². The van der Waals surface area contributed by atoms with E-state index < -0.39 is 17.8 Å². The number of alkyl halides is 3. The molecule has 17 heavy (non-hydrogen) atoms. The maximum Gasteiger partial charge on any atom is 0.416 e. The van der Waals surface area contributed by atoms with Gasteiger partial charge in [0.05, 0.1) is 17.9 Å². The molecule has 5 heteroatoms. The predicted octanol–water partition coefficient (Wildman–Crippen LogP) is 3.37. The van der Waals surface area contributed by atoms with Crippen LogP contribution < -0.4 is 0 Å². The van der Waals surface area contributed by atoms with Gasteiger partial charge in [0.25, 0.3) is 0 Å². The smallest absolute Gasteiger partial charge is 0.416 e. The highest BCUT2D eigenvalue weighted by molar-refractivity contribution is 5.82. The van der Waals surface area contributed by atoms with Gasteiger partial charge in [0.2, 0.25) is 0 Å². The highest BCUT2D eigenvalue weighted by Gasteiger charge is 2.30. The minimum absolute atomic E-state index is 0.272. The van der Waals surface area contributed by atoms with Crippen molar-refractivity contribution in [1.82, 2.24) is 0 Å². The molecule has 1 heterocycles. The molecule has 0 amide bonds. The summed E-state index contributed by atoms with van der Waals surface area (Å²) in [5.74, 6) is 0. The minimum atomic E-state index is -4.37. The van der Waals surface area contributed by atoms with Crippen LogP contribution in [-0.2, 0) is 12.6 Å². The molecular formula is C12H11F3O2. The summed E-state index contributed by atoms with van der Waals surface area (Å²) in [4.78, 5) is 0. The number of hydrogen-bond donors (Lipinski definition) is 1. The molecule has 0 bridgehead atoms. The van der Waals surface area contributed by atoms with Gasteiger partial charge in [0.15, 0.2) is 0 Å². The van der Waals surface area contributed by atoms with E-state index in [9.17, 15) is 18.3 Å². The van der Waals surface area contributed by atoms with E-state index in [-0.39, 0.29) is 6.42 Å². The number of aliphatic hydroxyl groups excluding tert-OH is 1. The highest BCUT2D eigenvalue weighted by atomic mass is 19.4. The Balaban J connectivity index is 2.50. The van der Waals surface area contributed by atoms with Gasteiger partial charge in [-0.25, -0.2) is 0 Å². The molecule has 1 atom stereocenters. The summed E-state index contributed by atoms with van der Waals surface area (Å²) in [5.41, 5.74) is 0.271. The minimum Gasteiger partial charge on any atom is -0.464 e. The van der Waals surface area contributed by atoms with E-state index in [4.69, 9.17) is 4.42 Å². The normalized spacial score (nSPS) is 14.2. The van der Waals surface area contributed by atoms with Crippen molar-refractivity contribution >= 4 is 11.0 Å². The van der Waals surface area contributed by atoms with E-state index in [1.54, 1.807) is 6.92 Å². The van der Waals surface area contributed by atoms with Gasteiger partial charge in [-0.05, 0) is 25.1 Å². The topological polar surface area (TPSA) is 33.4 Å². The summed E-state index contributed by atoms with van der Waals surface area (Å²) < 4.78 is 42.7. The molecular weight excluding hydrogens is 233 g/mol. The molecule has 0 saturated carbocycles. The van der Waals surface area contributed by atoms with Gasteiger partial charge < -0.3 is 9.52 Å². The largest absolute Gasteiger partial charge is 0.464 e. The fraction of sp³-hybridized carbons (Fsp3) is 0.333. The second-order valence-corrected chi connectivity index (χ2v) is 4.02. The highest BCUT2D eigenvalue weighted by Crippen LogP contribution is 2.33. The van der Waals surface area contributed by atoms with Crippen molar-refractivity contribution in [3.8, 4) is 0 Å². The fourth-order valence-electron chi connectivity index (χ4n) is 1.73. The summed E-state index contributed by atoms with van der Waals surface area (Å²) in [6, 6.07) is 3.33. The summed E-state index contributed by atoms with van der Waals surface area (Å²) >= 11 is 0. The molecule has 0 radical (unpaired) electrons. The van der Waals surface area contributed by atoms with Crippen LogP contribution in [0.15, 0.2) is 28.9 Å². The Morgan fingerprint density at radius 3 is 2.65 bits per heavy atom. The van der Waals surface area contributed by atoms with Gasteiger partial charge in [0.1, 0.15) is 5.58 Å². The quantitative estimate of drug-likeness (QED) is 0.878. The number of rotatable bonds is 2. The van der Waals surface area contributed by atoms with Gasteiger partial charge in [-0.2, -0.15) is 13.2 Å². The first kappa shape index (κ1) is 12.0. The van der Waals surface area contributed by atoms with Crippen LogP contribution in [0.3, 0.4) is 0 Å². The van der Waals surface area contributed by atoms with Crippen LogP contribution in [0.1, 0.15) is 18.1 Å². The van der Waals surface area contributed by atoms with Crippen molar-refractivity contribution in [2.24, 2.45) is 0 Å². The lowest BCUT2D eigenvalue weighted by molar-refractivity contribution is -0.137. The van der Waals surface area contributed by atoms with Crippen LogP contribution >= 0.6 is 0 Å². The molecule has 0 spiro atoms. The number of halogens is 3. The Kier molecular flexibility index (Phi) is 2.87. The van der Waals surface area contributed by atoms with Crippen molar-refractivity contribution < 1.29 is 22.7 Å². The van der Waals surface area contributed by atoms with E-state index in [1.807, 2.05) is 0 Å². The molecule has 2 rings (SSSR count). The molecule has 92 valence electrons. The molecule has 0 aliphatic carbocycles. The average molecular weight is 244 g/mol. The number of furan rings is 1. The van der Waals surface area contributed by atoms with Gasteiger partial charge in [-0.3, -0.25) is 0 Å². The summed E-state index contributed by atoms with van der Waals surface area (Å²) in [7, 11) is 0. The zero-order valence-electron chi connectivity index (χ0n) is 9.08. The Labute approximate surface area is 95.7 Å². The Hall–Kier alpha value is -1.49. The third-order valence-electron chi connectivity index (χ3n) is 2.50. The van der Waals surface area contributed by atoms with Crippen LogP contribution in [0.2, 0.25) is 0 Å². The lowest BCUT2D eigenvalue weighted by Gasteiger charge is -2.06. The SMILES string of the molecule is CC(O)Cc1coc2ccc(C(F)(F)F)cc12. The number of hydrogen-bond acceptors (Lipinski definition) is 2. The van der Waals surface area contributed by atoms with Gasteiger partial charge in [0, 0.05) is 17.4 Å². The summed E-state index contributed by atoms with van der Waals surface area (Å²) in [6.07, 6.45) is -3.33. The molecule has 2 aromatic rings. The first-order valence-corrected chi connectivity index (χ1v) is 5.13. The molecule has 0 saturated heterocycles. The first-order chi connectivity index (χ1) is 7.88. The number of fused-ring (bicyclic) bond motifs is 1. The Morgan fingerprint density at radius 1 is 1.35 bits per heavy atom. The van der Waals surface area contributed by atoms with Crippen LogP contribution in [0.4, 0.5) is 13.2 Å². The summed E-state index contributed by atoms with van der Waals surface area (Å²) in [6.45, 7) is 1.58. The van der Waals surface area contributed by atoms with E-state index in [0.717, 1.165) is 12.1 Å². The van der Waals surface area contributed by atoms with E-state index in [2.05, 4.69) is 0 Å². The molecule has 0 aliphatic rings. The molecule has 2 nitrogen and oxygen atoms in total. The fourth-order valence-corrected chi connectivity index (χ4v) is 1.73. The molecule has 1 unspecified atom stereocenters. The monoisotopic (exact) mass is 244 g/mol. The van der Waals surface area contributed by atoms with Gasteiger partial charge >= 0.3 is 6.18 Å². The number of aliphatic hydroxyl groups is 1. The molecule has 0 fully saturated rings. The van der Waals surface area contributed by atoms with E-state index >= 15 is 0 Å². The second kappa shape index (κ2) is 4.07. The molecule has 1 N–H and O–H groups in total. The lowest BCUT2D eigenvalue weighted by Crippen LogP contribution is -2.05. The zero-order valence-corrected chi connectivity index (χ0v) is 9.08. The van der Waals surface area contributed by atoms with Crippen molar-refractivity contribution in [2.45, 2.75) is 25.6 Å². The Bertz CT molecular complexity index is 526. The van der Waals surface area contributed by atoms with Gasteiger partial charge in [-0.15, -0.1) is 0 Å². The van der Waals surface area contributed by atoms with Crippen molar-refractivity contribution in [2.75, 3.05) is 0 Å². The maximum absolute atomic E-state index is 12.5. The molecule has 1 aromatic carbocycles. The number of benzene rings is 1. The Morgan fingerprint density at radius 2 is 2.06 bits per heavy atom. The van der Waals surface area contributed by atoms with Crippen molar-refractivity contribution in [3.63, 3.8) is 0 Å². The third-order valence-corrected chi connectivity index (χ3v) is 2.50. The average Bonchev–Trinajstić information content (AvgIpc) is 2.59. The molecule has 1 aromatic heterocycles. The van der Waals surface area contributed by atoms with Crippen LogP contribution in [0.5, 0.6) is 0 Å². The summed E-state index contributed by atoms with van der Waals surface area (Å²) in [5, 5.41) is 9.65. The molecule has 0 aliphatic heterocycles. The zero-order chi connectivity index (χ0) is 12.6.